The second-order valence-electron chi connectivity index (χ2n) is 20.6. The van der Waals surface area contributed by atoms with Crippen molar-refractivity contribution in [3.05, 3.63) is 247 Å². The predicted molar refractivity (Wildman–Crippen MR) is 309 cm³/mol. The van der Waals surface area contributed by atoms with Crippen LogP contribution in [0, 0.1) is 0 Å². The Kier molecular flexibility index (Phi) is 8.67. The maximum absolute atomic E-state index is 4.72. The number of nitrogens with zero attached hydrogens (tertiary/aromatic N) is 4. The molecular formula is C69H50N4. The maximum atomic E-state index is 4.72. The minimum atomic E-state index is -0.179. The van der Waals surface area contributed by atoms with Crippen molar-refractivity contribution in [2.45, 2.75) is 19.3 Å². The molecule has 0 fully saturated rings. The summed E-state index contributed by atoms with van der Waals surface area (Å²) in [7, 11) is 4.36. The molecule has 0 unspecified atom stereocenters. The summed E-state index contributed by atoms with van der Waals surface area (Å²) in [5.41, 5.74) is 27.4. The molecule has 0 bridgehead atoms. The Labute approximate surface area is 426 Å². The Balaban J connectivity index is 1.11. The third-order valence-corrected chi connectivity index (χ3v) is 16.6. The second-order valence-corrected chi connectivity index (χ2v) is 20.6. The SMILES string of the molecule is C=C1c2ccccc2-c2c1cccc2-c1c2cc(N3c4ccccc4N(C)c4ccccc43)ccc2c(-c2cccc3c2-c2ccccc2C3(C)C)c2cc(N3c4ccccc4N(C)c4ccccc43)ccc12. The molecule has 0 spiro atoms. The number of hydrogen-bond donors (Lipinski definition) is 0. The molecule has 346 valence electrons. The van der Waals surface area contributed by atoms with Crippen LogP contribution in [0.2, 0.25) is 0 Å². The zero-order chi connectivity index (χ0) is 48.9. The quantitative estimate of drug-likeness (QED) is 0.163. The lowest BCUT2D eigenvalue weighted by molar-refractivity contribution is 0.660. The standard InChI is InChI=1S/C69H50N4/c1-42-45-20-6-7-21-47(45)65-46(42)23-18-24-51(65)66-48-38-36-44(73-63-34-16-12-30-59(63)71(5)60-31-13-17-35-64(60)73)41-54(48)67(52-25-19-27-56-68(52)50-22-8-9-26-55(50)69(56,2)3)49-39-37-43(40-53(49)66)72-61-32-14-10-28-57(61)70(4)58-29-11-15-33-62(58)72/h6-41H,1H2,2-5H3. The largest absolute Gasteiger partial charge is 0.341 e. The molecular weight excluding hydrogens is 885 g/mol. The molecule has 2 aliphatic heterocycles. The van der Waals surface area contributed by atoms with Crippen molar-refractivity contribution in [2.24, 2.45) is 0 Å². The average Bonchev–Trinajstić information content (AvgIpc) is 3.86. The molecule has 2 aliphatic carbocycles. The van der Waals surface area contributed by atoms with Gasteiger partial charge in [0.2, 0.25) is 0 Å². The Bertz CT molecular complexity index is 4120. The summed E-state index contributed by atoms with van der Waals surface area (Å²) in [5, 5.41) is 4.81. The molecule has 0 N–H and O–H groups in total. The summed E-state index contributed by atoms with van der Waals surface area (Å²) in [6.07, 6.45) is 0. The van der Waals surface area contributed by atoms with Gasteiger partial charge in [0, 0.05) is 30.9 Å². The Hall–Kier alpha value is -9.12. The fourth-order valence-corrected chi connectivity index (χ4v) is 13.3. The number of benzene rings is 11. The third kappa shape index (κ3) is 5.66. The summed E-state index contributed by atoms with van der Waals surface area (Å²) in [5.74, 6) is 0. The molecule has 11 aromatic carbocycles. The topological polar surface area (TPSA) is 13.0 Å². The van der Waals surface area contributed by atoms with Crippen molar-refractivity contribution in [3.8, 4) is 44.5 Å². The van der Waals surface area contributed by atoms with Gasteiger partial charge in [-0.1, -0.05) is 166 Å². The van der Waals surface area contributed by atoms with Crippen molar-refractivity contribution in [2.75, 3.05) is 33.7 Å². The van der Waals surface area contributed by atoms with E-state index in [1.165, 1.54) is 99.7 Å². The van der Waals surface area contributed by atoms with Gasteiger partial charge in [0.25, 0.3) is 0 Å². The molecule has 73 heavy (non-hydrogen) atoms. The smallest absolute Gasteiger partial charge is 0.0699 e. The molecule has 2 heterocycles. The van der Waals surface area contributed by atoms with E-state index < -0.39 is 0 Å². The van der Waals surface area contributed by atoms with Gasteiger partial charge in [0.1, 0.15) is 0 Å². The van der Waals surface area contributed by atoms with Crippen LogP contribution in [-0.4, -0.2) is 14.1 Å². The Morgan fingerprint density at radius 3 is 1.18 bits per heavy atom. The molecule has 4 nitrogen and oxygen atoms in total. The van der Waals surface area contributed by atoms with Gasteiger partial charge in [0.05, 0.1) is 45.5 Å². The Morgan fingerprint density at radius 1 is 0.301 bits per heavy atom. The van der Waals surface area contributed by atoms with Crippen molar-refractivity contribution >= 4 is 84.0 Å². The van der Waals surface area contributed by atoms with Gasteiger partial charge >= 0.3 is 0 Å². The molecule has 0 amide bonds. The lowest BCUT2D eigenvalue weighted by Crippen LogP contribution is -2.24. The summed E-state index contributed by atoms with van der Waals surface area (Å²) in [4.78, 5) is 9.58. The van der Waals surface area contributed by atoms with Gasteiger partial charge in [-0.3, -0.25) is 0 Å². The van der Waals surface area contributed by atoms with E-state index in [4.69, 9.17) is 6.58 Å². The highest BCUT2D eigenvalue weighted by molar-refractivity contribution is 6.26. The van der Waals surface area contributed by atoms with Crippen molar-refractivity contribution in [1.29, 1.82) is 0 Å². The van der Waals surface area contributed by atoms with Crippen LogP contribution in [0.25, 0.3) is 71.6 Å². The van der Waals surface area contributed by atoms with Gasteiger partial charge in [-0.25, -0.2) is 0 Å². The number of anilines is 10. The predicted octanol–water partition coefficient (Wildman–Crippen LogP) is 18.8. The van der Waals surface area contributed by atoms with Crippen LogP contribution in [0.3, 0.4) is 0 Å². The van der Waals surface area contributed by atoms with Crippen molar-refractivity contribution < 1.29 is 0 Å². The van der Waals surface area contributed by atoms with E-state index in [-0.39, 0.29) is 5.41 Å². The van der Waals surface area contributed by atoms with E-state index in [2.05, 4.69) is 266 Å². The summed E-state index contributed by atoms with van der Waals surface area (Å²) < 4.78 is 0. The lowest BCUT2D eigenvalue weighted by Gasteiger charge is -2.39. The fourth-order valence-electron chi connectivity index (χ4n) is 13.3. The maximum Gasteiger partial charge on any atom is 0.0699 e. The number of para-hydroxylation sites is 8. The summed E-state index contributed by atoms with van der Waals surface area (Å²) in [6, 6.07) is 81.6. The highest BCUT2D eigenvalue weighted by Gasteiger charge is 2.38. The van der Waals surface area contributed by atoms with Gasteiger partial charge in [-0.2, -0.15) is 0 Å². The highest BCUT2D eigenvalue weighted by atomic mass is 15.3. The van der Waals surface area contributed by atoms with Crippen LogP contribution in [0.1, 0.15) is 36.1 Å². The lowest BCUT2D eigenvalue weighted by atomic mass is 9.80. The number of fused-ring (bicyclic) bond motifs is 12. The van der Waals surface area contributed by atoms with Crippen LogP contribution in [0.5, 0.6) is 0 Å². The van der Waals surface area contributed by atoms with Crippen LogP contribution < -0.4 is 19.6 Å². The molecule has 11 aromatic rings. The highest BCUT2D eigenvalue weighted by Crippen LogP contribution is 2.59. The summed E-state index contributed by atoms with van der Waals surface area (Å²) in [6.45, 7) is 9.50. The molecule has 4 aliphatic rings. The number of hydrogen-bond acceptors (Lipinski definition) is 4. The zero-order valence-corrected chi connectivity index (χ0v) is 41.3. The van der Waals surface area contributed by atoms with E-state index >= 15 is 0 Å². The van der Waals surface area contributed by atoms with Gasteiger partial charge in [0.15, 0.2) is 0 Å². The first-order valence-electron chi connectivity index (χ1n) is 25.4. The second kappa shape index (κ2) is 15.2. The zero-order valence-electron chi connectivity index (χ0n) is 41.3. The van der Waals surface area contributed by atoms with Crippen LogP contribution >= 0.6 is 0 Å². The number of rotatable bonds is 4. The minimum Gasteiger partial charge on any atom is -0.341 e. The van der Waals surface area contributed by atoms with Crippen LogP contribution in [-0.2, 0) is 5.41 Å². The van der Waals surface area contributed by atoms with E-state index in [1.54, 1.807) is 0 Å². The third-order valence-electron chi connectivity index (χ3n) is 16.6. The molecule has 0 atom stereocenters. The monoisotopic (exact) mass is 934 g/mol. The fraction of sp³-hybridized carbons (Fsp3) is 0.0725. The molecule has 0 radical (unpaired) electrons. The molecule has 4 heteroatoms. The average molecular weight is 935 g/mol. The summed E-state index contributed by atoms with van der Waals surface area (Å²) >= 11 is 0. The van der Waals surface area contributed by atoms with Gasteiger partial charge < -0.3 is 19.6 Å². The van der Waals surface area contributed by atoms with Crippen LogP contribution in [0.15, 0.2) is 225 Å². The van der Waals surface area contributed by atoms with Crippen LogP contribution in [0.4, 0.5) is 56.9 Å². The Morgan fingerprint density at radius 2 is 0.671 bits per heavy atom. The minimum absolute atomic E-state index is 0.179. The first-order chi connectivity index (χ1) is 35.8. The molecule has 0 saturated heterocycles. The van der Waals surface area contributed by atoms with Crippen molar-refractivity contribution in [3.63, 3.8) is 0 Å². The molecule has 0 saturated carbocycles. The first kappa shape index (κ1) is 41.6. The first-order valence-corrected chi connectivity index (χ1v) is 25.4. The van der Waals surface area contributed by atoms with E-state index in [1.807, 2.05) is 0 Å². The molecule has 15 rings (SSSR count). The van der Waals surface area contributed by atoms with Gasteiger partial charge in [-0.05, 0) is 167 Å². The van der Waals surface area contributed by atoms with Crippen molar-refractivity contribution in [1.82, 2.24) is 0 Å². The normalized spacial score (nSPS) is 14.3. The molecule has 0 aromatic heterocycles. The van der Waals surface area contributed by atoms with E-state index in [9.17, 15) is 0 Å². The van der Waals surface area contributed by atoms with Gasteiger partial charge in [-0.15, -0.1) is 0 Å². The van der Waals surface area contributed by atoms with E-state index in [0.29, 0.717) is 0 Å². The van der Waals surface area contributed by atoms with E-state index in [0.717, 1.165) is 51.1 Å².